The third-order valence-corrected chi connectivity index (χ3v) is 2.64. The lowest BCUT2D eigenvalue weighted by Gasteiger charge is -2.17. The van der Waals surface area contributed by atoms with Crippen LogP contribution in [0.5, 0.6) is 5.75 Å². The lowest BCUT2D eigenvalue weighted by atomic mass is 9.97. The van der Waals surface area contributed by atoms with Crippen molar-refractivity contribution in [2.24, 2.45) is 5.41 Å². The van der Waals surface area contributed by atoms with Crippen molar-refractivity contribution < 1.29 is 4.74 Å². The van der Waals surface area contributed by atoms with Crippen LogP contribution in [0, 0.1) is 16.7 Å². The van der Waals surface area contributed by atoms with E-state index in [2.05, 4.69) is 18.2 Å². The van der Waals surface area contributed by atoms with Crippen molar-refractivity contribution in [2.45, 2.75) is 13.8 Å². The Kier molecular flexibility index (Phi) is 3.01. The third kappa shape index (κ3) is 2.57. The standard InChI is InChI=1S/C15H15NO/c1-15(2,10-16)11-17-14-9-5-7-12-6-3-4-8-13(12)14/h3-9H,11H2,1-2H3. The van der Waals surface area contributed by atoms with Gasteiger partial charge in [-0.05, 0) is 25.3 Å². The number of benzene rings is 2. The van der Waals surface area contributed by atoms with Gasteiger partial charge >= 0.3 is 0 Å². The molecule has 0 unspecified atom stereocenters. The van der Waals surface area contributed by atoms with Gasteiger partial charge in [0.05, 0.1) is 11.5 Å². The molecule has 0 heterocycles. The van der Waals surface area contributed by atoms with Crippen molar-refractivity contribution in [1.82, 2.24) is 0 Å². The molecule has 0 saturated heterocycles. The van der Waals surface area contributed by atoms with Crippen molar-refractivity contribution in [3.63, 3.8) is 0 Å². The Balaban J connectivity index is 2.28. The van der Waals surface area contributed by atoms with Crippen LogP contribution in [-0.4, -0.2) is 6.61 Å². The van der Waals surface area contributed by atoms with Crippen LogP contribution in [0.15, 0.2) is 42.5 Å². The van der Waals surface area contributed by atoms with Gasteiger partial charge in [0, 0.05) is 5.39 Å². The summed E-state index contributed by atoms with van der Waals surface area (Å²) in [6, 6.07) is 16.3. The first-order valence-corrected chi connectivity index (χ1v) is 5.64. The van der Waals surface area contributed by atoms with Gasteiger partial charge in [-0.1, -0.05) is 36.4 Å². The van der Waals surface area contributed by atoms with E-state index in [4.69, 9.17) is 10.00 Å². The summed E-state index contributed by atoms with van der Waals surface area (Å²) in [5, 5.41) is 11.2. The summed E-state index contributed by atoms with van der Waals surface area (Å²) in [7, 11) is 0. The Labute approximate surface area is 101 Å². The predicted octanol–water partition coefficient (Wildman–Crippen LogP) is 3.77. The Morgan fingerprint density at radius 2 is 1.82 bits per heavy atom. The lowest BCUT2D eigenvalue weighted by molar-refractivity contribution is 0.229. The average molecular weight is 225 g/mol. The van der Waals surface area contributed by atoms with E-state index < -0.39 is 5.41 Å². The summed E-state index contributed by atoms with van der Waals surface area (Å²) in [4.78, 5) is 0. The van der Waals surface area contributed by atoms with Gasteiger partial charge in [0.1, 0.15) is 12.4 Å². The van der Waals surface area contributed by atoms with Crippen LogP contribution in [0.2, 0.25) is 0 Å². The Hall–Kier alpha value is -2.01. The zero-order chi connectivity index (χ0) is 12.3. The molecule has 0 saturated carbocycles. The molecular weight excluding hydrogens is 210 g/mol. The first-order chi connectivity index (χ1) is 8.12. The average Bonchev–Trinajstić information content (AvgIpc) is 2.36. The third-order valence-electron chi connectivity index (χ3n) is 2.64. The van der Waals surface area contributed by atoms with Crippen LogP contribution in [0.25, 0.3) is 10.8 Å². The fourth-order valence-corrected chi connectivity index (χ4v) is 1.61. The Morgan fingerprint density at radius 3 is 2.59 bits per heavy atom. The first-order valence-electron chi connectivity index (χ1n) is 5.64. The number of fused-ring (bicyclic) bond motifs is 1. The van der Waals surface area contributed by atoms with Gasteiger partial charge in [-0.2, -0.15) is 5.26 Å². The van der Waals surface area contributed by atoms with Crippen LogP contribution in [0.4, 0.5) is 0 Å². The number of rotatable bonds is 3. The highest BCUT2D eigenvalue weighted by Crippen LogP contribution is 2.26. The highest BCUT2D eigenvalue weighted by molar-refractivity contribution is 5.88. The fraction of sp³-hybridized carbons (Fsp3) is 0.267. The molecule has 2 heteroatoms. The van der Waals surface area contributed by atoms with Crippen LogP contribution in [0.3, 0.4) is 0 Å². The highest BCUT2D eigenvalue weighted by atomic mass is 16.5. The molecule has 0 aliphatic rings. The van der Waals surface area contributed by atoms with Crippen molar-refractivity contribution in [2.75, 3.05) is 6.61 Å². The molecule has 0 atom stereocenters. The Bertz CT molecular complexity index is 561. The van der Waals surface area contributed by atoms with Gasteiger partial charge in [-0.15, -0.1) is 0 Å². The van der Waals surface area contributed by atoms with E-state index in [0.717, 1.165) is 16.5 Å². The normalized spacial score (nSPS) is 11.1. The van der Waals surface area contributed by atoms with E-state index in [9.17, 15) is 0 Å². The van der Waals surface area contributed by atoms with E-state index >= 15 is 0 Å². The van der Waals surface area contributed by atoms with Crippen molar-refractivity contribution in [1.29, 1.82) is 5.26 Å². The van der Waals surface area contributed by atoms with Crippen molar-refractivity contribution >= 4 is 10.8 Å². The monoisotopic (exact) mass is 225 g/mol. The predicted molar refractivity (Wildman–Crippen MR) is 68.8 cm³/mol. The molecule has 0 amide bonds. The molecule has 17 heavy (non-hydrogen) atoms. The molecule has 0 aromatic heterocycles. The maximum atomic E-state index is 8.96. The largest absolute Gasteiger partial charge is 0.491 e. The minimum atomic E-state index is -0.461. The number of hydrogen-bond acceptors (Lipinski definition) is 2. The minimum Gasteiger partial charge on any atom is -0.491 e. The molecule has 0 bridgehead atoms. The molecule has 0 N–H and O–H groups in total. The maximum Gasteiger partial charge on any atom is 0.127 e. The summed E-state index contributed by atoms with van der Waals surface area (Å²) >= 11 is 0. The number of hydrogen-bond donors (Lipinski definition) is 0. The molecule has 0 spiro atoms. The molecule has 2 nitrogen and oxygen atoms in total. The lowest BCUT2D eigenvalue weighted by Crippen LogP contribution is -2.19. The molecule has 0 aliphatic carbocycles. The number of ether oxygens (including phenoxy) is 1. The second kappa shape index (κ2) is 4.47. The second-order valence-electron chi connectivity index (χ2n) is 4.76. The SMILES string of the molecule is CC(C)(C#N)COc1cccc2ccccc12. The minimum absolute atomic E-state index is 0.400. The van der Waals surface area contributed by atoms with E-state index in [0.29, 0.717) is 6.61 Å². The first kappa shape index (κ1) is 11.5. The van der Waals surface area contributed by atoms with Crippen LogP contribution < -0.4 is 4.74 Å². The molecule has 2 aromatic carbocycles. The number of nitrogens with zero attached hydrogens (tertiary/aromatic N) is 1. The van der Waals surface area contributed by atoms with Gasteiger partial charge < -0.3 is 4.74 Å². The van der Waals surface area contributed by atoms with Crippen molar-refractivity contribution in [3.05, 3.63) is 42.5 Å². The van der Waals surface area contributed by atoms with Gasteiger partial charge in [0.2, 0.25) is 0 Å². The smallest absolute Gasteiger partial charge is 0.127 e. The van der Waals surface area contributed by atoms with Crippen LogP contribution >= 0.6 is 0 Å². The van der Waals surface area contributed by atoms with Gasteiger partial charge in [-0.25, -0.2) is 0 Å². The van der Waals surface area contributed by atoms with Gasteiger partial charge in [0.25, 0.3) is 0 Å². The van der Waals surface area contributed by atoms with E-state index in [1.807, 2.05) is 44.2 Å². The zero-order valence-corrected chi connectivity index (χ0v) is 10.1. The Morgan fingerprint density at radius 1 is 1.12 bits per heavy atom. The molecular formula is C15H15NO. The molecule has 0 aliphatic heterocycles. The molecule has 86 valence electrons. The molecule has 0 radical (unpaired) electrons. The molecule has 2 aromatic rings. The maximum absolute atomic E-state index is 8.96. The van der Waals surface area contributed by atoms with E-state index in [1.165, 1.54) is 0 Å². The summed E-state index contributed by atoms with van der Waals surface area (Å²) in [5.41, 5.74) is -0.461. The van der Waals surface area contributed by atoms with E-state index in [1.54, 1.807) is 0 Å². The van der Waals surface area contributed by atoms with Crippen LogP contribution in [-0.2, 0) is 0 Å². The summed E-state index contributed by atoms with van der Waals surface area (Å²) in [6.45, 7) is 4.15. The summed E-state index contributed by atoms with van der Waals surface area (Å²) in [6.07, 6.45) is 0. The quantitative estimate of drug-likeness (QED) is 0.796. The fourth-order valence-electron chi connectivity index (χ4n) is 1.61. The molecule has 0 fully saturated rings. The highest BCUT2D eigenvalue weighted by Gasteiger charge is 2.18. The van der Waals surface area contributed by atoms with Gasteiger partial charge in [0.15, 0.2) is 0 Å². The zero-order valence-electron chi connectivity index (χ0n) is 10.1. The second-order valence-corrected chi connectivity index (χ2v) is 4.76. The number of nitriles is 1. The van der Waals surface area contributed by atoms with Gasteiger partial charge in [-0.3, -0.25) is 0 Å². The van der Waals surface area contributed by atoms with Crippen LogP contribution in [0.1, 0.15) is 13.8 Å². The summed E-state index contributed by atoms with van der Waals surface area (Å²) < 4.78 is 5.75. The topological polar surface area (TPSA) is 33.0 Å². The van der Waals surface area contributed by atoms with E-state index in [-0.39, 0.29) is 0 Å². The van der Waals surface area contributed by atoms with Crippen molar-refractivity contribution in [3.8, 4) is 11.8 Å². The summed E-state index contributed by atoms with van der Waals surface area (Å²) in [5.74, 6) is 0.839. The molecule has 2 rings (SSSR count).